The minimum atomic E-state index is -0.712. The van der Waals surface area contributed by atoms with Gasteiger partial charge in [-0.25, -0.2) is 0 Å². The van der Waals surface area contributed by atoms with Gasteiger partial charge in [-0.2, -0.15) is 0 Å². The molecule has 23 heavy (non-hydrogen) atoms. The number of carboxylic acid groups (broad SMARTS) is 1. The van der Waals surface area contributed by atoms with Crippen LogP contribution >= 0.6 is 0 Å². The summed E-state index contributed by atoms with van der Waals surface area (Å²) in [6, 6.07) is 0. The van der Waals surface area contributed by atoms with Gasteiger partial charge in [-0.3, -0.25) is 4.79 Å². The molecular weight excluding hydrogens is 288 g/mol. The Balaban J connectivity index is 0. The van der Waals surface area contributed by atoms with Gasteiger partial charge in [-0.05, 0) is 44.9 Å². The van der Waals surface area contributed by atoms with Crippen LogP contribution in [-0.2, 0) is 4.79 Å². The molecule has 0 atom stereocenters. The molecule has 0 unspecified atom stereocenters. The first-order chi connectivity index (χ1) is 10.8. The minimum absolute atomic E-state index is 0. The van der Waals surface area contributed by atoms with E-state index in [2.05, 4.69) is 55.5 Å². The van der Waals surface area contributed by atoms with Crippen molar-refractivity contribution in [1.82, 2.24) is 0 Å². The molecule has 0 aliphatic rings. The number of unbranched alkanes of at least 4 members (excludes halogenated alkanes) is 4. The quantitative estimate of drug-likeness (QED) is 0.344. The summed E-state index contributed by atoms with van der Waals surface area (Å²) in [6.45, 7) is 2.23. The van der Waals surface area contributed by atoms with Crippen molar-refractivity contribution < 1.29 is 15.4 Å². The standard InChI is InChI=1S/C20H32O2.H2O/c1-2-3-4-5-6-7-8-9-10-11-12-13-14-15-16-17-18-19-20(21)22;/h6-7,9-10,12-13,15-16H,2-5,8,11,14,17-19H2,1H3,(H,21,22);1H2. The molecule has 0 fully saturated rings. The van der Waals surface area contributed by atoms with Crippen LogP contribution in [0.15, 0.2) is 48.6 Å². The number of allylic oxidation sites excluding steroid dienone is 8. The summed E-state index contributed by atoms with van der Waals surface area (Å²) in [5.74, 6) is -0.712. The van der Waals surface area contributed by atoms with Gasteiger partial charge in [0.25, 0.3) is 0 Å². The average molecular weight is 322 g/mol. The molecule has 0 bridgehead atoms. The lowest BCUT2D eigenvalue weighted by atomic mass is 10.2. The molecule has 0 aliphatic carbocycles. The van der Waals surface area contributed by atoms with Gasteiger partial charge in [0.15, 0.2) is 0 Å². The van der Waals surface area contributed by atoms with Gasteiger partial charge >= 0.3 is 5.97 Å². The van der Waals surface area contributed by atoms with E-state index < -0.39 is 5.97 Å². The summed E-state index contributed by atoms with van der Waals surface area (Å²) in [5, 5.41) is 8.49. The van der Waals surface area contributed by atoms with Crippen LogP contribution in [0.25, 0.3) is 0 Å². The lowest BCUT2D eigenvalue weighted by Crippen LogP contribution is -1.92. The van der Waals surface area contributed by atoms with E-state index in [1.54, 1.807) is 0 Å². The summed E-state index contributed by atoms with van der Waals surface area (Å²) in [7, 11) is 0. The topological polar surface area (TPSA) is 68.8 Å². The highest BCUT2D eigenvalue weighted by atomic mass is 16.4. The van der Waals surface area contributed by atoms with Crippen LogP contribution in [0.4, 0.5) is 0 Å². The van der Waals surface area contributed by atoms with Crippen LogP contribution < -0.4 is 0 Å². The summed E-state index contributed by atoms with van der Waals surface area (Å²) in [6.07, 6.45) is 27.3. The molecule has 0 spiro atoms. The molecule has 0 aromatic rings. The molecule has 0 radical (unpaired) electrons. The fraction of sp³-hybridized carbons (Fsp3) is 0.550. The number of hydrogen-bond donors (Lipinski definition) is 1. The van der Waals surface area contributed by atoms with Gasteiger partial charge < -0.3 is 10.6 Å². The predicted molar refractivity (Wildman–Crippen MR) is 99.7 cm³/mol. The first-order valence-corrected chi connectivity index (χ1v) is 8.59. The Hall–Kier alpha value is -1.61. The third kappa shape index (κ3) is 22.8. The molecule has 0 saturated carbocycles. The van der Waals surface area contributed by atoms with Crippen molar-refractivity contribution in [1.29, 1.82) is 0 Å². The van der Waals surface area contributed by atoms with Gasteiger partial charge in [-0.15, -0.1) is 0 Å². The van der Waals surface area contributed by atoms with Crippen molar-refractivity contribution in [3.8, 4) is 0 Å². The van der Waals surface area contributed by atoms with E-state index in [-0.39, 0.29) is 11.9 Å². The SMILES string of the molecule is CCCCCC=CCC=CCC=CCC=CCCCC(=O)O.O. The van der Waals surface area contributed by atoms with Crippen molar-refractivity contribution in [3.05, 3.63) is 48.6 Å². The normalized spacial score (nSPS) is 11.9. The maximum atomic E-state index is 10.3. The van der Waals surface area contributed by atoms with Gasteiger partial charge in [0.2, 0.25) is 0 Å². The summed E-state index contributed by atoms with van der Waals surface area (Å²) in [4.78, 5) is 10.3. The van der Waals surface area contributed by atoms with Crippen LogP contribution in [0.5, 0.6) is 0 Å². The molecule has 0 amide bonds. The van der Waals surface area contributed by atoms with Gasteiger partial charge in [-0.1, -0.05) is 68.4 Å². The Kier molecular flexibility index (Phi) is 21.0. The molecule has 0 saturated heterocycles. The Morgan fingerprint density at radius 2 is 1.17 bits per heavy atom. The highest BCUT2D eigenvalue weighted by Crippen LogP contribution is 2.01. The van der Waals surface area contributed by atoms with Gasteiger partial charge in [0.1, 0.15) is 0 Å². The van der Waals surface area contributed by atoms with Crippen molar-refractivity contribution in [2.24, 2.45) is 0 Å². The monoisotopic (exact) mass is 322 g/mol. The minimum Gasteiger partial charge on any atom is -0.481 e. The van der Waals surface area contributed by atoms with Crippen LogP contribution in [-0.4, -0.2) is 16.6 Å². The zero-order valence-corrected chi connectivity index (χ0v) is 14.5. The molecular formula is C20H34O3. The Morgan fingerprint density at radius 3 is 1.61 bits per heavy atom. The maximum Gasteiger partial charge on any atom is 0.303 e. The number of carboxylic acids is 1. The van der Waals surface area contributed by atoms with E-state index in [1.807, 2.05) is 0 Å². The second-order valence-corrected chi connectivity index (χ2v) is 5.37. The second-order valence-electron chi connectivity index (χ2n) is 5.37. The lowest BCUT2D eigenvalue weighted by molar-refractivity contribution is -0.137. The Morgan fingerprint density at radius 1 is 0.739 bits per heavy atom. The molecule has 0 aromatic heterocycles. The zero-order chi connectivity index (χ0) is 16.3. The first kappa shape index (κ1) is 23.7. The lowest BCUT2D eigenvalue weighted by Gasteiger charge is -1.90. The first-order valence-electron chi connectivity index (χ1n) is 8.59. The zero-order valence-electron chi connectivity index (χ0n) is 14.5. The van der Waals surface area contributed by atoms with Crippen molar-refractivity contribution in [3.63, 3.8) is 0 Å². The second kappa shape index (κ2) is 20.4. The van der Waals surface area contributed by atoms with Crippen LogP contribution in [0.3, 0.4) is 0 Å². The van der Waals surface area contributed by atoms with Crippen LogP contribution in [0.1, 0.15) is 71.1 Å². The molecule has 132 valence electrons. The van der Waals surface area contributed by atoms with Crippen molar-refractivity contribution in [2.75, 3.05) is 0 Å². The molecule has 0 heterocycles. The Bertz CT molecular complexity index is 365. The summed E-state index contributed by atoms with van der Waals surface area (Å²) in [5.41, 5.74) is 0. The average Bonchev–Trinajstić information content (AvgIpc) is 2.50. The van der Waals surface area contributed by atoms with Crippen molar-refractivity contribution in [2.45, 2.75) is 71.1 Å². The predicted octanol–water partition coefficient (Wildman–Crippen LogP) is 5.39. The molecule has 3 nitrogen and oxygen atoms in total. The fourth-order valence-electron chi connectivity index (χ4n) is 1.93. The smallest absolute Gasteiger partial charge is 0.303 e. The van der Waals surface area contributed by atoms with Gasteiger partial charge in [0, 0.05) is 6.42 Å². The summed E-state index contributed by atoms with van der Waals surface area (Å²) < 4.78 is 0. The number of carbonyl (C=O) groups is 1. The van der Waals surface area contributed by atoms with Crippen molar-refractivity contribution >= 4 is 5.97 Å². The third-order valence-electron chi connectivity index (χ3n) is 3.22. The molecule has 3 N–H and O–H groups in total. The fourth-order valence-corrected chi connectivity index (χ4v) is 1.93. The van der Waals surface area contributed by atoms with E-state index in [1.165, 1.54) is 25.7 Å². The third-order valence-corrected chi connectivity index (χ3v) is 3.22. The van der Waals surface area contributed by atoms with E-state index in [4.69, 9.17) is 5.11 Å². The highest BCUT2D eigenvalue weighted by molar-refractivity contribution is 5.66. The van der Waals surface area contributed by atoms with E-state index in [0.717, 1.165) is 32.1 Å². The largest absolute Gasteiger partial charge is 0.481 e. The van der Waals surface area contributed by atoms with Crippen LogP contribution in [0.2, 0.25) is 0 Å². The Labute approximate surface area is 141 Å². The van der Waals surface area contributed by atoms with E-state index >= 15 is 0 Å². The number of hydrogen-bond acceptors (Lipinski definition) is 1. The molecule has 0 aromatic carbocycles. The van der Waals surface area contributed by atoms with Crippen LogP contribution in [0, 0.1) is 0 Å². The maximum absolute atomic E-state index is 10.3. The highest BCUT2D eigenvalue weighted by Gasteiger charge is 1.92. The number of aliphatic carboxylic acids is 1. The summed E-state index contributed by atoms with van der Waals surface area (Å²) >= 11 is 0. The molecule has 0 aliphatic heterocycles. The molecule has 0 rings (SSSR count). The molecule has 3 heteroatoms. The number of rotatable bonds is 14. The van der Waals surface area contributed by atoms with E-state index in [9.17, 15) is 4.79 Å². The van der Waals surface area contributed by atoms with Gasteiger partial charge in [0.05, 0.1) is 0 Å². The van der Waals surface area contributed by atoms with E-state index in [0.29, 0.717) is 0 Å².